The Hall–Kier alpha value is -7.51. The molecule has 0 saturated carbocycles. The lowest BCUT2D eigenvalue weighted by atomic mass is 9.94. The summed E-state index contributed by atoms with van der Waals surface area (Å²) in [6, 6.07) is 59.2. The standard InChI is InChI=1S/C49H31N5O2/c1-4-13-31(14-5-1)42-45-43(38-19-10-11-22-40(38)55-45)51-46(50-42)34-25-23-30(24-26-34)35-27-28-36-37-20-12-21-39(44(37)56-41(36)29-35)49-53-47(32-15-6-2-7-16-32)52-48(54-49)33-17-8-3-9-18-33/h1-29,43,45H. The Morgan fingerprint density at radius 1 is 0.446 bits per heavy atom. The van der Waals surface area contributed by atoms with Gasteiger partial charge in [-0.05, 0) is 41.0 Å². The van der Waals surface area contributed by atoms with Crippen molar-refractivity contribution in [2.75, 3.05) is 0 Å². The lowest BCUT2D eigenvalue weighted by molar-refractivity contribution is 0.275. The van der Waals surface area contributed by atoms with Crippen molar-refractivity contribution < 1.29 is 9.15 Å². The lowest BCUT2D eigenvalue weighted by Crippen LogP contribution is -2.33. The van der Waals surface area contributed by atoms with Gasteiger partial charge in [0.15, 0.2) is 29.4 Å². The molecule has 2 aliphatic rings. The largest absolute Gasteiger partial charge is 0.481 e. The predicted octanol–water partition coefficient (Wildman–Crippen LogP) is 11.2. The van der Waals surface area contributed by atoms with Gasteiger partial charge in [0.25, 0.3) is 0 Å². The van der Waals surface area contributed by atoms with Crippen LogP contribution in [0.1, 0.15) is 22.7 Å². The molecule has 0 aliphatic carbocycles. The van der Waals surface area contributed by atoms with E-state index in [0.29, 0.717) is 23.3 Å². The first-order valence-electron chi connectivity index (χ1n) is 18.6. The molecule has 2 unspecified atom stereocenters. The molecule has 11 rings (SSSR count). The molecule has 264 valence electrons. The lowest BCUT2D eigenvalue weighted by Gasteiger charge is -2.24. The van der Waals surface area contributed by atoms with Crippen molar-refractivity contribution in [1.29, 1.82) is 0 Å². The van der Waals surface area contributed by atoms with Crippen LogP contribution >= 0.6 is 0 Å². The number of hydrogen-bond acceptors (Lipinski definition) is 7. The van der Waals surface area contributed by atoms with Crippen LogP contribution in [0.3, 0.4) is 0 Å². The first-order chi connectivity index (χ1) is 27.7. The minimum absolute atomic E-state index is 0.165. The topological polar surface area (TPSA) is 85.8 Å². The van der Waals surface area contributed by atoms with E-state index in [9.17, 15) is 0 Å². The Bertz CT molecular complexity index is 2940. The number of amidine groups is 1. The molecule has 0 fully saturated rings. The highest BCUT2D eigenvalue weighted by Crippen LogP contribution is 2.43. The highest BCUT2D eigenvalue weighted by molar-refractivity contribution is 6.16. The normalized spacial score (nSPS) is 15.9. The van der Waals surface area contributed by atoms with Crippen LogP contribution < -0.4 is 4.74 Å². The van der Waals surface area contributed by atoms with E-state index in [-0.39, 0.29) is 12.1 Å². The van der Waals surface area contributed by atoms with Gasteiger partial charge in [-0.15, -0.1) is 0 Å². The average molecular weight is 722 g/mol. The molecular formula is C49H31N5O2. The van der Waals surface area contributed by atoms with Crippen LogP contribution in [0.4, 0.5) is 0 Å². The molecule has 7 heteroatoms. The van der Waals surface area contributed by atoms with Crippen LogP contribution in [-0.4, -0.2) is 32.6 Å². The number of furan rings is 1. The molecule has 0 N–H and O–H groups in total. The maximum Gasteiger partial charge on any atom is 0.168 e. The minimum atomic E-state index is -0.268. The fourth-order valence-electron chi connectivity index (χ4n) is 7.75. The van der Waals surface area contributed by atoms with E-state index < -0.39 is 0 Å². The Kier molecular flexibility index (Phi) is 7.48. The maximum atomic E-state index is 6.68. The summed E-state index contributed by atoms with van der Waals surface area (Å²) in [5, 5.41) is 2.02. The van der Waals surface area contributed by atoms with Gasteiger partial charge >= 0.3 is 0 Å². The van der Waals surface area contributed by atoms with Gasteiger partial charge in [-0.1, -0.05) is 152 Å². The zero-order valence-corrected chi connectivity index (χ0v) is 30.0. The van der Waals surface area contributed by atoms with E-state index in [1.807, 2.05) is 109 Å². The summed E-state index contributed by atoms with van der Waals surface area (Å²) in [7, 11) is 0. The van der Waals surface area contributed by atoms with Gasteiger partial charge < -0.3 is 9.15 Å². The van der Waals surface area contributed by atoms with Crippen molar-refractivity contribution in [3.05, 3.63) is 193 Å². The summed E-state index contributed by atoms with van der Waals surface area (Å²) in [6.45, 7) is 0. The smallest absolute Gasteiger partial charge is 0.168 e. The van der Waals surface area contributed by atoms with Crippen molar-refractivity contribution in [1.82, 2.24) is 15.0 Å². The van der Waals surface area contributed by atoms with Crippen LogP contribution in [0.25, 0.3) is 67.2 Å². The Morgan fingerprint density at radius 2 is 1.05 bits per heavy atom. The molecule has 0 bridgehead atoms. The average Bonchev–Trinajstić information content (AvgIpc) is 3.85. The van der Waals surface area contributed by atoms with E-state index in [2.05, 4.69) is 66.7 Å². The molecule has 0 saturated heterocycles. The molecule has 7 aromatic carbocycles. The number of hydrogen-bond donors (Lipinski definition) is 0. The molecule has 56 heavy (non-hydrogen) atoms. The summed E-state index contributed by atoms with van der Waals surface area (Å²) in [5.41, 5.74) is 10.2. The fraction of sp³-hybridized carbons (Fsp3) is 0.0408. The van der Waals surface area contributed by atoms with E-state index in [0.717, 1.165) is 77.9 Å². The third kappa shape index (κ3) is 5.48. The van der Waals surface area contributed by atoms with Crippen molar-refractivity contribution in [2.45, 2.75) is 12.1 Å². The zero-order valence-electron chi connectivity index (χ0n) is 30.0. The van der Waals surface area contributed by atoms with Crippen molar-refractivity contribution in [2.24, 2.45) is 9.98 Å². The molecule has 0 spiro atoms. The van der Waals surface area contributed by atoms with E-state index in [1.165, 1.54) is 0 Å². The SMILES string of the molecule is c1ccc(C2=NC(c3ccc(-c4ccc5c(c4)oc4c(-c6nc(-c7ccccc7)nc(-c7ccccc7)n6)cccc45)cc3)=NC3c4ccccc4OC23)cc1. The maximum absolute atomic E-state index is 6.68. The number of para-hydroxylation sites is 2. The molecule has 2 aliphatic heterocycles. The van der Waals surface area contributed by atoms with Crippen LogP contribution in [0.15, 0.2) is 190 Å². The van der Waals surface area contributed by atoms with Crippen molar-refractivity contribution in [3.63, 3.8) is 0 Å². The van der Waals surface area contributed by atoms with Gasteiger partial charge in [0.05, 0.1) is 11.3 Å². The minimum Gasteiger partial charge on any atom is -0.481 e. The molecule has 0 radical (unpaired) electrons. The first-order valence-corrected chi connectivity index (χ1v) is 18.6. The molecule has 4 heterocycles. The van der Waals surface area contributed by atoms with Crippen LogP contribution in [0.2, 0.25) is 0 Å². The Balaban J connectivity index is 0.961. The highest BCUT2D eigenvalue weighted by atomic mass is 16.5. The summed E-state index contributed by atoms with van der Waals surface area (Å²) in [5.74, 6) is 3.33. The third-order valence-electron chi connectivity index (χ3n) is 10.5. The zero-order chi connectivity index (χ0) is 37.0. The number of nitrogens with zero attached hydrogens (tertiary/aromatic N) is 5. The summed E-state index contributed by atoms with van der Waals surface area (Å²) >= 11 is 0. The summed E-state index contributed by atoms with van der Waals surface area (Å²) in [6.07, 6.45) is -0.268. The highest BCUT2D eigenvalue weighted by Gasteiger charge is 2.41. The number of rotatable bonds is 6. The molecule has 7 nitrogen and oxygen atoms in total. The third-order valence-corrected chi connectivity index (χ3v) is 10.5. The second kappa shape index (κ2) is 13.1. The number of aromatic nitrogens is 3. The van der Waals surface area contributed by atoms with Gasteiger partial charge in [0.1, 0.15) is 23.0 Å². The molecular weight excluding hydrogens is 691 g/mol. The summed E-state index contributed by atoms with van der Waals surface area (Å²) in [4.78, 5) is 25.1. The van der Waals surface area contributed by atoms with Crippen molar-refractivity contribution >= 4 is 33.5 Å². The van der Waals surface area contributed by atoms with Gasteiger partial charge in [0, 0.05) is 33.0 Å². The Labute approximate surface area is 322 Å². The number of ether oxygens (including phenoxy) is 1. The number of fused-ring (bicyclic) bond motifs is 6. The van der Waals surface area contributed by atoms with E-state index >= 15 is 0 Å². The van der Waals surface area contributed by atoms with Crippen LogP contribution in [-0.2, 0) is 0 Å². The molecule has 2 aromatic heterocycles. The molecule has 2 atom stereocenters. The monoisotopic (exact) mass is 721 g/mol. The van der Waals surface area contributed by atoms with Gasteiger partial charge in [0.2, 0.25) is 0 Å². The van der Waals surface area contributed by atoms with Crippen LogP contribution in [0, 0.1) is 0 Å². The molecule has 0 amide bonds. The number of benzene rings is 7. The van der Waals surface area contributed by atoms with E-state index in [1.54, 1.807) is 0 Å². The quantitative estimate of drug-likeness (QED) is 0.171. The molecule has 9 aromatic rings. The fourth-order valence-corrected chi connectivity index (χ4v) is 7.75. The second-order valence-corrected chi connectivity index (χ2v) is 13.9. The van der Waals surface area contributed by atoms with E-state index in [4.69, 9.17) is 34.1 Å². The second-order valence-electron chi connectivity index (χ2n) is 13.9. The summed E-state index contributed by atoms with van der Waals surface area (Å²) < 4.78 is 13.1. The van der Waals surface area contributed by atoms with Gasteiger partial charge in [-0.3, -0.25) is 4.99 Å². The number of aliphatic imine (C=N–C) groups is 2. The van der Waals surface area contributed by atoms with Gasteiger partial charge in [-0.25, -0.2) is 19.9 Å². The van der Waals surface area contributed by atoms with Crippen molar-refractivity contribution in [3.8, 4) is 51.0 Å². The predicted molar refractivity (Wildman–Crippen MR) is 222 cm³/mol. The van der Waals surface area contributed by atoms with Crippen LogP contribution in [0.5, 0.6) is 5.75 Å². The Morgan fingerprint density at radius 3 is 1.77 bits per heavy atom. The van der Waals surface area contributed by atoms with Gasteiger partial charge in [-0.2, -0.15) is 0 Å². The first kappa shape index (κ1) is 32.0.